The second-order valence-electron chi connectivity index (χ2n) is 4.19. The number of rotatable bonds is 0. The molecule has 1 aliphatic carbocycles. The zero-order chi connectivity index (χ0) is 10.3. The Hall–Kier alpha value is -1.15. The first-order chi connectivity index (χ1) is 7.36. The van der Waals surface area contributed by atoms with Gasteiger partial charge < -0.3 is 5.32 Å². The molecule has 0 saturated heterocycles. The molecule has 0 radical (unpaired) electrons. The number of para-hydroxylation sites is 1. The van der Waals surface area contributed by atoms with Crippen LogP contribution < -0.4 is 5.32 Å². The minimum atomic E-state index is 0.924. The van der Waals surface area contributed by atoms with Crippen molar-refractivity contribution in [2.24, 2.45) is 0 Å². The van der Waals surface area contributed by atoms with E-state index in [0.29, 0.717) is 0 Å². The van der Waals surface area contributed by atoms with E-state index in [4.69, 9.17) is 12.2 Å². The van der Waals surface area contributed by atoms with Crippen molar-refractivity contribution < 1.29 is 0 Å². The summed E-state index contributed by atoms with van der Waals surface area (Å²) in [7, 11) is 0. The number of hydrogen-bond acceptors (Lipinski definition) is 1. The highest BCUT2D eigenvalue weighted by atomic mass is 32.1. The van der Waals surface area contributed by atoms with Crippen LogP contribution in [0, 0.1) is 0 Å². The summed E-state index contributed by atoms with van der Waals surface area (Å²) in [5.41, 5.74) is 5.35. The largest absolute Gasteiger partial charge is 0.346 e. The number of thiocarbonyl (C=S) groups is 1. The van der Waals surface area contributed by atoms with E-state index in [1.54, 1.807) is 5.57 Å². The van der Waals surface area contributed by atoms with E-state index >= 15 is 0 Å². The van der Waals surface area contributed by atoms with Gasteiger partial charge in [-0.25, -0.2) is 0 Å². The first kappa shape index (κ1) is 9.10. The van der Waals surface area contributed by atoms with Crippen molar-refractivity contribution in [1.82, 2.24) is 0 Å². The van der Waals surface area contributed by atoms with Gasteiger partial charge in [-0.2, -0.15) is 0 Å². The number of allylic oxidation sites excluding steroid dienone is 1. The van der Waals surface area contributed by atoms with Crippen LogP contribution in [0.3, 0.4) is 0 Å². The van der Waals surface area contributed by atoms with Gasteiger partial charge in [0.25, 0.3) is 0 Å². The third kappa shape index (κ3) is 1.40. The Morgan fingerprint density at radius 2 is 1.80 bits per heavy atom. The molecule has 1 aromatic carbocycles. The highest BCUT2D eigenvalue weighted by molar-refractivity contribution is 7.81. The molecule has 1 fully saturated rings. The van der Waals surface area contributed by atoms with E-state index in [2.05, 4.69) is 29.6 Å². The topological polar surface area (TPSA) is 12.0 Å². The standard InChI is InChI=1S/C13H13NS/c15-13-12(9-5-1-2-6-9)10-7-3-4-8-11(10)14-13/h3-4,7-8H,1-2,5-6H2,(H,14,15). The summed E-state index contributed by atoms with van der Waals surface area (Å²) in [4.78, 5) is 0.924. The Bertz CT molecular complexity index is 451. The summed E-state index contributed by atoms with van der Waals surface area (Å²) >= 11 is 5.41. The van der Waals surface area contributed by atoms with Crippen molar-refractivity contribution in [2.45, 2.75) is 25.7 Å². The van der Waals surface area contributed by atoms with E-state index < -0.39 is 0 Å². The Labute approximate surface area is 95.2 Å². The number of anilines is 1. The highest BCUT2D eigenvalue weighted by Gasteiger charge is 2.24. The molecule has 0 atom stereocenters. The SMILES string of the molecule is S=C1Nc2ccccc2C1=C1CCCC1. The van der Waals surface area contributed by atoms with Gasteiger partial charge in [-0.15, -0.1) is 0 Å². The van der Waals surface area contributed by atoms with E-state index in [-0.39, 0.29) is 0 Å². The van der Waals surface area contributed by atoms with Gasteiger partial charge in [-0.3, -0.25) is 0 Å². The normalized spacial score (nSPS) is 19.3. The molecule has 3 rings (SSSR count). The molecule has 0 aromatic heterocycles. The van der Waals surface area contributed by atoms with Gasteiger partial charge in [0.15, 0.2) is 0 Å². The lowest BCUT2D eigenvalue weighted by atomic mass is 10.0. The molecule has 0 spiro atoms. The molecular weight excluding hydrogens is 202 g/mol. The van der Waals surface area contributed by atoms with E-state index in [9.17, 15) is 0 Å². The van der Waals surface area contributed by atoms with E-state index in [1.165, 1.54) is 42.5 Å². The fourth-order valence-corrected chi connectivity index (χ4v) is 2.88. The summed E-state index contributed by atoms with van der Waals surface area (Å²) in [6.07, 6.45) is 5.10. The Morgan fingerprint density at radius 1 is 1.07 bits per heavy atom. The lowest BCUT2D eigenvalue weighted by Gasteiger charge is -2.03. The monoisotopic (exact) mass is 215 g/mol. The van der Waals surface area contributed by atoms with Gasteiger partial charge in [0.05, 0.1) is 0 Å². The maximum absolute atomic E-state index is 5.41. The van der Waals surface area contributed by atoms with Crippen LogP contribution in [0.25, 0.3) is 5.57 Å². The summed E-state index contributed by atoms with van der Waals surface area (Å²) in [6.45, 7) is 0. The summed E-state index contributed by atoms with van der Waals surface area (Å²) < 4.78 is 0. The fraction of sp³-hybridized carbons (Fsp3) is 0.308. The molecule has 2 heteroatoms. The first-order valence-electron chi connectivity index (χ1n) is 5.49. The molecular formula is C13H13NS. The molecule has 76 valence electrons. The Morgan fingerprint density at radius 3 is 2.60 bits per heavy atom. The molecule has 1 nitrogen and oxygen atoms in total. The third-order valence-corrected chi connectivity index (χ3v) is 3.54. The van der Waals surface area contributed by atoms with Gasteiger partial charge in [0, 0.05) is 16.8 Å². The predicted octanol–water partition coefficient (Wildman–Crippen LogP) is 3.77. The molecule has 1 heterocycles. The van der Waals surface area contributed by atoms with Gasteiger partial charge >= 0.3 is 0 Å². The van der Waals surface area contributed by atoms with Crippen molar-refractivity contribution in [3.05, 3.63) is 35.4 Å². The van der Waals surface area contributed by atoms with Crippen molar-refractivity contribution in [2.75, 3.05) is 5.32 Å². The average molecular weight is 215 g/mol. The maximum Gasteiger partial charge on any atom is 0.111 e. The van der Waals surface area contributed by atoms with Crippen LogP contribution in [0.15, 0.2) is 29.8 Å². The van der Waals surface area contributed by atoms with Crippen LogP contribution in [0.4, 0.5) is 5.69 Å². The van der Waals surface area contributed by atoms with Crippen LogP contribution in [0.5, 0.6) is 0 Å². The Kier molecular flexibility index (Phi) is 2.10. The summed E-state index contributed by atoms with van der Waals surface area (Å²) in [5.74, 6) is 0. The number of benzene rings is 1. The van der Waals surface area contributed by atoms with Crippen molar-refractivity contribution in [3.63, 3.8) is 0 Å². The molecule has 1 aliphatic heterocycles. The second kappa shape index (κ2) is 3.46. The van der Waals surface area contributed by atoms with Gasteiger partial charge in [-0.05, 0) is 31.7 Å². The van der Waals surface area contributed by atoms with Crippen LogP contribution in [-0.2, 0) is 0 Å². The van der Waals surface area contributed by atoms with Gasteiger partial charge in [-0.1, -0.05) is 36.0 Å². The van der Waals surface area contributed by atoms with Crippen molar-refractivity contribution in [3.8, 4) is 0 Å². The first-order valence-corrected chi connectivity index (χ1v) is 5.90. The molecule has 15 heavy (non-hydrogen) atoms. The summed E-state index contributed by atoms with van der Waals surface area (Å²) in [6, 6.07) is 8.41. The van der Waals surface area contributed by atoms with Crippen LogP contribution in [-0.4, -0.2) is 4.99 Å². The lowest BCUT2D eigenvalue weighted by molar-refractivity contribution is 0.886. The van der Waals surface area contributed by atoms with Crippen LogP contribution in [0.1, 0.15) is 31.2 Å². The van der Waals surface area contributed by atoms with E-state index in [1.807, 2.05) is 0 Å². The van der Waals surface area contributed by atoms with Crippen molar-refractivity contribution >= 4 is 28.5 Å². The second-order valence-corrected chi connectivity index (χ2v) is 4.59. The minimum absolute atomic E-state index is 0.924. The fourth-order valence-electron chi connectivity index (χ4n) is 2.52. The Balaban J connectivity index is 2.17. The molecule has 1 aromatic rings. The molecule has 0 amide bonds. The smallest absolute Gasteiger partial charge is 0.111 e. The van der Waals surface area contributed by atoms with Crippen molar-refractivity contribution in [1.29, 1.82) is 0 Å². The van der Waals surface area contributed by atoms with Gasteiger partial charge in [0.2, 0.25) is 0 Å². The number of fused-ring (bicyclic) bond motifs is 1. The third-order valence-electron chi connectivity index (χ3n) is 3.23. The molecule has 0 bridgehead atoms. The quantitative estimate of drug-likeness (QED) is 0.522. The minimum Gasteiger partial charge on any atom is -0.346 e. The van der Waals surface area contributed by atoms with E-state index in [0.717, 1.165) is 4.99 Å². The summed E-state index contributed by atoms with van der Waals surface area (Å²) in [5, 5.41) is 3.30. The maximum atomic E-state index is 5.41. The zero-order valence-electron chi connectivity index (χ0n) is 8.55. The molecule has 2 aliphatic rings. The molecule has 1 saturated carbocycles. The van der Waals surface area contributed by atoms with Crippen LogP contribution in [0.2, 0.25) is 0 Å². The lowest BCUT2D eigenvalue weighted by Crippen LogP contribution is -2.02. The zero-order valence-corrected chi connectivity index (χ0v) is 9.36. The molecule has 1 N–H and O–H groups in total. The molecule has 0 unspecified atom stereocenters. The average Bonchev–Trinajstić information content (AvgIpc) is 2.82. The number of nitrogens with one attached hydrogen (secondary N) is 1. The van der Waals surface area contributed by atoms with Gasteiger partial charge in [0.1, 0.15) is 4.99 Å². The predicted molar refractivity (Wildman–Crippen MR) is 68.1 cm³/mol. The highest BCUT2D eigenvalue weighted by Crippen LogP contribution is 2.39. The van der Waals surface area contributed by atoms with Crippen LogP contribution >= 0.6 is 12.2 Å². The number of hydrogen-bond donors (Lipinski definition) is 1.